The standard InChI is InChI=1S/C7H8N4O2S/c1-10-4-3(8-6(12)9-4)5(14)11(2)7(10)13/h1-2H3,(H2,8,9,12). The number of nitrogens with one attached hydrogen (secondary N) is 2. The second-order valence-electron chi connectivity index (χ2n) is 3.01. The summed E-state index contributed by atoms with van der Waals surface area (Å²) in [4.78, 5) is 27.6. The minimum Gasteiger partial charge on any atom is -0.302 e. The van der Waals surface area contributed by atoms with E-state index in [1.54, 1.807) is 14.1 Å². The van der Waals surface area contributed by atoms with Crippen LogP contribution in [0.2, 0.25) is 0 Å². The molecule has 2 N–H and O–H groups in total. The zero-order chi connectivity index (χ0) is 10.5. The average Bonchev–Trinajstić information content (AvgIpc) is 2.54. The smallest absolute Gasteiger partial charge is 0.302 e. The summed E-state index contributed by atoms with van der Waals surface area (Å²) in [5, 5.41) is 0. The highest BCUT2D eigenvalue weighted by Gasteiger charge is 2.07. The Balaban J connectivity index is 3.26. The lowest BCUT2D eigenvalue weighted by molar-refractivity contribution is 0.721. The molecule has 14 heavy (non-hydrogen) atoms. The highest BCUT2D eigenvalue weighted by molar-refractivity contribution is 7.71. The fourth-order valence-corrected chi connectivity index (χ4v) is 1.58. The first-order valence-corrected chi connectivity index (χ1v) is 4.31. The van der Waals surface area contributed by atoms with E-state index in [1.807, 2.05) is 0 Å². The van der Waals surface area contributed by atoms with Gasteiger partial charge >= 0.3 is 11.4 Å². The molecule has 6 nitrogen and oxygen atoms in total. The van der Waals surface area contributed by atoms with Crippen molar-refractivity contribution < 1.29 is 0 Å². The molecule has 0 aliphatic heterocycles. The van der Waals surface area contributed by atoms with Crippen LogP contribution in [0.3, 0.4) is 0 Å². The van der Waals surface area contributed by atoms with Crippen molar-refractivity contribution in [2.45, 2.75) is 0 Å². The van der Waals surface area contributed by atoms with E-state index in [9.17, 15) is 9.59 Å². The lowest BCUT2D eigenvalue weighted by Gasteiger charge is -2.03. The molecular formula is C7H8N4O2S. The minimum atomic E-state index is -0.368. The van der Waals surface area contributed by atoms with E-state index >= 15 is 0 Å². The van der Waals surface area contributed by atoms with E-state index < -0.39 is 0 Å². The number of aromatic amines is 2. The number of nitrogens with zero attached hydrogens (tertiary/aromatic N) is 2. The van der Waals surface area contributed by atoms with Crippen LogP contribution in [0, 0.1) is 4.64 Å². The van der Waals surface area contributed by atoms with Crippen LogP contribution in [-0.4, -0.2) is 19.1 Å². The van der Waals surface area contributed by atoms with Gasteiger partial charge in [0, 0.05) is 14.1 Å². The van der Waals surface area contributed by atoms with Gasteiger partial charge in [0.1, 0.15) is 15.8 Å². The number of hydrogen-bond donors (Lipinski definition) is 2. The minimum absolute atomic E-state index is 0.266. The Labute approximate surface area is 82.8 Å². The first kappa shape index (κ1) is 8.95. The van der Waals surface area contributed by atoms with Gasteiger partial charge < -0.3 is 4.98 Å². The van der Waals surface area contributed by atoms with Crippen molar-refractivity contribution in [1.29, 1.82) is 0 Å². The van der Waals surface area contributed by atoms with Crippen molar-refractivity contribution >= 4 is 23.4 Å². The maximum Gasteiger partial charge on any atom is 0.330 e. The molecule has 0 atom stereocenters. The molecule has 74 valence electrons. The van der Waals surface area contributed by atoms with Crippen molar-refractivity contribution in [1.82, 2.24) is 19.1 Å². The van der Waals surface area contributed by atoms with E-state index in [4.69, 9.17) is 12.2 Å². The molecule has 0 aliphatic carbocycles. The van der Waals surface area contributed by atoms with Crippen molar-refractivity contribution in [3.8, 4) is 0 Å². The van der Waals surface area contributed by atoms with Crippen molar-refractivity contribution in [3.05, 3.63) is 25.6 Å². The molecular weight excluding hydrogens is 204 g/mol. The van der Waals surface area contributed by atoms with Crippen LogP contribution in [-0.2, 0) is 14.1 Å². The Morgan fingerprint density at radius 2 is 1.79 bits per heavy atom. The van der Waals surface area contributed by atoms with Crippen LogP contribution in [0.5, 0.6) is 0 Å². The summed E-state index contributed by atoms with van der Waals surface area (Å²) in [5.41, 5.74) is 0.266. The van der Waals surface area contributed by atoms with E-state index in [1.165, 1.54) is 9.13 Å². The van der Waals surface area contributed by atoms with Gasteiger partial charge in [0.25, 0.3) is 0 Å². The number of aromatic nitrogens is 4. The van der Waals surface area contributed by atoms with E-state index in [-0.39, 0.29) is 11.4 Å². The van der Waals surface area contributed by atoms with Gasteiger partial charge in [0.15, 0.2) is 0 Å². The third-order valence-electron chi connectivity index (χ3n) is 2.14. The molecule has 0 amide bonds. The number of fused-ring (bicyclic) bond motifs is 1. The molecule has 0 saturated heterocycles. The maximum atomic E-state index is 11.5. The Morgan fingerprint density at radius 3 is 2.43 bits per heavy atom. The van der Waals surface area contributed by atoms with Gasteiger partial charge in [-0.3, -0.25) is 14.1 Å². The number of imidazole rings is 1. The molecule has 0 fully saturated rings. The Kier molecular flexibility index (Phi) is 1.71. The molecule has 0 aromatic carbocycles. The highest BCUT2D eigenvalue weighted by atomic mass is 32.1. The number of H-pyrrole nitrogens is 2. The van der Waals surface area contributed by atoms with Gasteiger partial charge in [0.2, 0.25) is 0 Å². The molecule has 2 rings (SSSR count). The van der Waals surface area contributed by atoms with E-state index in [0.29, 0.717) is 15.8 Å². The fraction of sp³-hybridized carbons (Fsp3) is 0.286. The van der Waals surface area contributed by atoms with Crippen molar-refractivity contribution in [2.75, 3.05) is 0 Å². The lowest BCUT2D eigenvalue weighted by atomic mass is 10.5. The second-order valence-corrected chi connectivity index (χ2v) is 3.40. The summed E-state index contributed by atoms with van der Waals surface area (Å²) in [6, 6.07) is 0. The van der Waals surface area contributed by atoms with Crippen LogP contribution in [0.15, 0.2) is 9.59 Å². The largest absolute Gasteiger partial charge is 0.330 e. The van der Waals surface area contributed by atoms with Gasteiger partial charge in [-0.1, -0.05) is 12.2 Å². The molecule has 0 bridgehead atoms. The molecule has 0 radical (unpaired) electrons. The van der Waals surface area contributed by atoms with Crippen LogP contribution in [0.25, 0.3) is 11.2 Å². The van der Waals surface area contributed by atoms with Gasteiger partial charge in [-0.15, -0.1) is 0 Å². The van der Waals surface area contributed by atoms with Gasteiger partial charge in [-0.05, 0) is 0 Å². The van der Waals surface area contributed by atoms with Crippen LogP contribution in [0.1, 0.15) is 0 Å². The molecule has 7 heteroatoms. The summed E-state index contributed by atoms with van der Waals surface area (Å²) in [5.74, 6) is 0. The van der Waals surface area contributed by atoms with E-state index in [0.717, 1.165) is 0 Å². The monoisotopic (exact) mass is 212 g/mol. The zero-order valence-corrected chi connectivity index (χ0v) is 8.44. The van der Waals surface area contributed by atoms with Gasteiger partial charge in [0.05, 0.1) is 0 Å². The first-order chi connectivity index (χ1) is 6.52. The molecule has 2 heterocycles. The predicted octanol–water partition coefficient (Wildman–Crippen LogP) is -0.377. The summed E-state index contributed by atoms with van der Waals surface area (Å²) in [7, 11) is 3.14. The third kappa shape index (κ3) is 0.987. The number of aryl methyl sites for hydroxylation is 1. The lowest BCUT2D eigenvalue weighted by Crippen LogP contribution is -2.27. The average molecular weight is 212 g/mol. The molecule has 2 aromatic heterocycles. The maximum absolute atomic E-state index is 11.5. The zero-order valence-electron chi connectivity index (χ0n) is 7.62. The Hall–Kier alpha value is -1.63. The normalized spacial score (nSPS) is 11.0. The summed E-state index contributed by atoms with van der Waals surface area (Å²) in [6.45, 7) is 0. The Morgan fingerprint density at radius 1 is 1.14 bits per heavy atom. The number of hydrogen-bond acceptors (Lipinski definition) is 3. The van der Waals surface area contributed by atoms with Crippen LogP contribution >= 0.6 is 12.2 Å². The van der Waals surface area contributed by atoms with Gasteiger partial charge in [-0.25, -0.2) is 9.59 Å². The molecule has 2 aromatic rings. The quantitative estimate of drug-likeness (QED) is 0.585. The highest BCUT2D eigenvalue weighted by Crippen LogP contribution is 2.03. The summed E-state index contributed by atoms with van der Waals surface area (Å²) < 4.78 is 2.96. The topological polar surface area (TPSA) is 75.6 Å². The first-order valence-electron chi connectivity index (χ1n) is 3.90. The predicted molar refractivity (Wildman–Crippen MR) is 54.0 cm³/mol. The molecule has 0 unspecified atom stereocenters. The SMILES string of the molecule is Cn1c(=S)c2[nH]c(=O)[nH]c2n(C)c1=O. The summed E-state index contributed by atoms with van der Waals surface area (Å²) >= 11 is 5.01. The van der Waals surface area contributed by atoms with Crippen LogP contribution in [0.4, 0.5) is 0 Å². The van der Waals surface area contributed by atoms with Crippen molar-refractivity contribution in [2.24, 2.45) is 14.1 Å². The second kappa shape index (κ2) is 2.68. The van der Waals surface area contributed by atoms with Gasteiger partial charge in [-0.2, -0.15) is 0 Å². The molecule has 0 spiro atoms. The Bertz CT molecular complexity index is 672. The molecule has 0 saturated carbocycles. The number of rotatable bonds is 0. The van der Waals surface area contributed by atoms with Crippen molar-refractivity contribution in [3.63, 3.8) is 0 Å². The summed E-state index contributed by atoms with van der Waals surface area (Å²) in [6.07, 6.45) is 0. The van der Waals surface area contributed by atoms with E-state index in [2.05, 4.69) is 9.97 Å². The third-order valence-corrected chi connectivity index (χ3v) is 2.61. The fourth-order valence-electron chi connectivity index (χ4n) is 1.36. The molecule has 0 aliphatic rings. The van der Waals surface area contributed by atoms with Crippen LogP contribution < -0.4 is 11.4 Å².